The van der Waals surface area contributed by atoms with Crippen LogP contribution in [0.15, 0.2) is 0 Å². The molecule has 1 spiro atoms. The third-order valence-corrected chi connectivity index (χ3v) is 6.53. The monoisotopic (exact) mass is 352 g/mol. The average molecular weight is 352 g/mol. The van der Waals surface area contributed by atoms with Gasteiger partial charge in [-0.25, -0.2) is 0 Å². The molecule has 142 valence electrons. The fourth-order valence-electron chi connectivity index (χ4n) is 5.13. The maximum absolute atomic E-state index is 12.7. The number of carboxylic acids is 1. The summed E-state index contributed by atoms with van der Waals surface area (Å²) in [6.07, 6.45) is 8.67. The first kappa shape index (κ1) is 18.6. The van der Waals surface area contributed by atoms with Gasteiger partial charge in [-0.15, -0.1) is 0 Å². The fourth-order valence-corrected chi connectivity index (χ4v) is 5.13. The van der Waals surface area contributed by atoms with Crippen molar-refractivity contribution in [1.82, 2.24) is 9.80 Å². The molecular formula is C19H32N2O4. The number of carbonyl (C=O) groups excluding carboxylic acids is 1. The summed E-state index contributed by atoms with van der Waals surface area (Å²) in [6.45, 7) is 2.56. The van der Waals surface area contributed by atoms with Crippen molar-refractivity contribution >= 4 is 11.9 Å². The van der Waals surface area contributed by atoms with Gasteiger partial charge in [-0.1, -0.05) is 25.7 Å². The minimum absolute atomic E-state index is 0.0180. The van der Waals surface area contributed by atoms with E-state index in [4.69, 9.17) is 5.11 Å². The van der Waals surface area contributed by atoms with Gasteiger partial charge in [-0.3, -0.25) is 14.5 Å². The van der Waals surface area contributed by atoms with Crippen molar-refractivity contribution in [1.29, 1.82) is 0 Å². The van der Waals surface area contributed by atoms with Gasteiger partial charge in [0.1, 0.15) is 0 Å². The molecular weight excluding hydrogens is 320 g/mol. The molecule has 25 heavy (non-hydrogen) atoms. The van der Waals surface area contributed by atoms with Gasteiger partial charge in [-0.05, 0) is 31.6 Å². The summed E-state index contributed by atoms with van der Waals surface area (Å²) in [5.41, 5.74) is -0.352. The number of aliphatic hydroxyl groups excluding tert-OH is 1. The molecule has 0 aromatic carbocycles. The number of hydrogen-bond donors (Lipinski definition) is 2. The smallest absolute Gasteiger partial charge is 0.317 e. The summed E-state index contributed by atoms with van der Waals surface area (Å²) >= 11 is 0. The Labute approximate surface area is 150 Å². The van der Waals surface area contributed by atoms with Crippen molar-refractivity contribution in [3.63, 3.8) is 0 Å². The lowest BCUT2D eigenvalue weighted by molar-refractivity contribution is -0.147. The van der Waals surface area contributed by atoms with Crippen LogP contribution in [0.4, 0.5) is 0 Å². The predicted octanol–water partition coefficient (Wildman–Crippen LogP) is 1.72. The van der Waals surface area contributed by atoms with E-state index in [0.29, 0.717) is 38.4 Å². The van der Waals surface area contributed by atoms with E-state index in [-0.39, 0.29) is 17.9 Å². The predicted molar refractivity (Wildman–Crippen MR) is 94.1 cm³/mol. The molecule has 0 unspecified atom stereocenters. The lowest BCUT2D eigenvalue weighted by Crippen LogP contribution is -2.60. The van der Waals surface area contributed by atoms with E-state index >= 15 is 0 Å². The van der Waals surface area contributed by atoms with Crippen molar-refractivity contribution in [2.24, 2.45) is 11.3 Å². The SMILES string of the molecule is O=C(O)CN1CC[C@@H](O)[C@]2(CCCN(C(=O)CCC3CCCC3)C2)C1. The summed E-state index contributed by atoms with van der Waals surface area (Å²) in [6, 6.07) is 0. The number of rotatable bonds is 5. The van der Waals surface area contributed by atoms with Gasteiger partial charge >= 0.3 is 5.97 Å². The van der Waals surface area contributed by atoms with Crippen molar-refractivity contribution in [2.75, 3.05) is 32.7 Å². The Kier molecular flexibility index (Phi) is 6.00. The standard InChI is InChI=1S/C19H32N2O4/c22-16-8-11-20(12-18(24)25)13-19(16)9-3-10-21(14-19)17(23)7-6-15-4-1-2-5-15/h15-16,22H,1-14H2,(H,24,25)/t16-,19-/m1/s1. The minimum atomic E-state index is -0.827. The lowest BCUT2D eigenvalue weighted by Gasteiger charge is -2.51. The number of aliphatic hydroxyl groups is 1. The molecule has 1 amide bonds. The highest BCUT2D eigenvalue weighted by Crippen LogP contribution is 2.39. The van der Waals surface area contributed by atoms with Crippen LogP contribution in [0.2, 0.25) is 0 Å². The van der Waals surface area contributed by atoms with Gasteiger partial charge < -0.3 is 15.1 Å². The molecule has 2 aliphatic heterocycles. The van der Waals surface area contributed by atoms with Gasteiger partial charge in [0.15, 0.2) is 0 Å². The van der Waals surface area contributed by atoms with Crippen LogP contribution in [0.25, 0.3) is 0 Å². The highest BCUT2D eigenvalue weighted by Gasteiger charge is 2.46. The van der Waals surface area contributed by atoms with Crippen molar-refractivity contribution < 1.29 is 19.8 Å². The zero-order chi connectivity index (χ0) is 17.9. The molecule has 2 saturated heterocycles. The Morgan fingerprint density at radius 1 is 1.04 bits per heavy atom. The van der Waals surface area contributed by atoms with Gasteiger partial charge in [0, 0.05) is 38.0 Å². The highest BCUT2D eigenvalue weighted by molar-refractivity contribution is 5.76. The fraction of sp³-hybridized carbons (Fsp3) is 0.895. The molecule has 3 fully saturated rings. The maximum atomic E-state index is 12.7. The highest BCUT2D eigenvalue weighted by atomic mass is 16.4. The summed E-state index contributed by atoms with van der Waals surface area (Å²) < 4.78 is 0. The van der Waals surface area contributed by atoms with Crippen LogP contribution in [0.1, 0.15) is 57.8 Å². The Morgan fingerprint density at radius 3 is 2.52 bits per heavy atom. The molecule has 6 nitrogen and oxygen atoms in total. The van der Waals surface area contributed by atoms with E-state index in [9.17, 15) is 14.7 Å². The summed E-state index contributed by atoms with van der Waals surface area (Å²) in [7, 11) is 0. The Balaban J connectivity index is 1.58. The van der Waals surface area contributed by atoms with Gasteiger partial charge in [-0.2, -0.15) is 0 Å². The van der Waals surface area contributed by atoms with E-state index in [1.807, 2.05) is 9.80 Å². The zero-order valence-corrected chi connectivity index (χ0v) is 15.2. The van der Waals surface area contributed by atoms with Crippen LogP contribution in [-0.4, -0.2) is 70.7 Å². The number of amides is 1. The first-order chi connectivity index (χ1) is 12.0. The molecule has 3 aliphatic rings. The number of carboxylic acid groups (broad SMARTS) is 1. The van der Waals surface area contributed by atoms with Crippen LogP contribution < -0.4 is 0 Å². The molecule has 2 N–H and O–H groups in total. The molecule has 0 aromatic rings. The third kappa shape index (κ3) is 4.53. The molecule has 2 heterocycles. The number of aliphatic carboxylic acids is 1. The molecule has 0 bridgehead atoms. The second-order valence-electron chi connectivity index (χ2n) is 8.38. The average Bonchev–Trinajstić information content (AvgIpc) is 3.09. The Hall–Kier alpha value is -1.14. The molecule has 1 aliphatic carbocycles. The first-order valence-corrected chi connectivity index (χ1v) is 9.88. The molecule has 0 aromatic heterocycles. The van der Waals surface area contributed by atoms with Crippen LogP contribution in [0.5, 0.6) is 0 Å². The molecule has 3 rings (SSSR count). The number of nitrogens with zero attached hydrogens (tertiary/aromatic N) is 2. The van der Waals surface area contributed by atoms with Crippen LogP contribution in [-0.2, 0) is 9.59 Å². The second-order valence-corrected chi connectivity index (χ2v) is 8.38. The summed E-state index contributed by atoms with van der Waals surface area (Å²) in [5.74, 6) is 0.106. The molecule has 0 radical (unpaired) electrons. The number of hydrogen-bond acceptors (Lipinski definition) is 4. The minimum Gasteiger partial charge on any atom is -0.480 e. The van der Waals surface area contributed by atoms with Crippen molar-refractivity contribution in [3.05, 3.63) is 0 Å². The number of likely N-dealkylation sites (tertiary alicyclic amines) is 2. The van der Waals surface area contributed by atoms with Crippen LogP contribution in [0.3, 0.4) is 0 Å². The zero-order valence-electron chi connectivity index (χ0n) is 15.2. The maximum Gasteiger partial charge on any atom is 0.317 e. The molecule has 1 saturated carbocycles. The summed E-state index contributed by atoms with van der Waals surface area (Å²) in [5, 5.41) is 19.7. The van der Waals surface area contributed by atoms with Crippen molar-refractivity contribution in [3.8, 4) is 0 Å². The second kappa shape index (κ2) is 8.04. The van der Waals surface area contributed by atoms with Crippen molar-refractivity contribution in [2.45, 2.75) is 63.9 Å². The number of piperidine rings is 2. The Morgan fingerprint density at radius 2 is 1.80 bits per heavy atom. The first-order valence-electron chi connectivity index (χ1n) is 9.88. The largest absolute Gasteiger partial charge is 0.480 e. The lowest BCUT2D eigenvalue weighted by atomic mass is 9.71. The van der Waals surface area contributed by atoms with E-state index < -0.39 is 12.1 Å². The molecule has 6 heteroatoms. The number of carbonyl (C=O) groups is 2. The van der Waals surface area contributed by atoms with Gasteiger partial charge in [0.05, 0.1) is 12.6 Å². The van der Waals surface area contributed by atoms with E-state index in [0.717, 1.165) is 25.8 Å². The normalized spacial score (nSPS) is 31.6. The van der Waals surface area contributed by atoms with E-state index in [2.05, 4.69) is 0 Å². The van der Waals surface area contributed by atoms with E-state index in [1.54, 1.807) is 0 Å². The van der Waals surface area contributed by atoms with Crippen LogP contribution >= 0.6 is 0 Å². The topological polar surface area (TPSA) is 81.1 Å². The van der Waals surface area contributed by atoms with Crippen LogP contribution in [0, 0.1) is 11.3 Å². The third-order valence-electron chi connectivity index (χ3n) is 6.53. The van der Waals surface area contributed by atoms with E-state index in [1.165, 1.54) is 25.7 Å². The van der Waals surface area contributed by atoms with Gasteiger partial charge in [0.2, 0.25) is 5.91 Å². The Bertz CT molecular complexity index is 492. The quantitative estimate of drug-likeness (QED) is 0.787. The molecule has 2 atom stereocenters. The summed E-state index contributed by atoms with van der Waals surface area (Å²) in [4.78, 5) is 27.6. The van der Waals surface area contributed by atoms with Gasteiger partial charge in [0.25, 0.3) is 0 Å².